The van der Waals surface area contributed by atoms with Crippen molar-refractivity contribution in [1.29, 1.82) is 0 Å². The summed E-state index contributed by atoms with van der Waals surface area (Å²) in [7, 11) is 0. The van der Waals surface area contributed by atoms with E-state index in [0.29, 0.717) is 31.1 Å². The molecule has 4 rings (SSSR count). The van der Waals surface area contributed by atoms with E-state index in [-0.39, 0.29) is 30.1 Å². The Kier molecular flexibility index (Phi) is 4.83. The summed E-state index contributed by atoms with van der Waals surface area (Å²) in [5.41, 5.74) is 0.860. The van der Waals surface area contributed by atoms with Gasteiger partial charge in [-0.3, -0.25) is 0 Å². The van der Waals surface area contributed by atoms with Crippen LogP contribution in [-0.2, 0) is 6.54 Å². The molecule has 2 N–H and O–H groups in total. The topological polar surface area (TPSA) is 59.6 Å². The summed E-state index contributed by atoms with van der Waals surface area (Å²) in [6.07, 6.45) is 1.32. The van der Waals surface area contributed by atoms with Crippen molar-refractivity contribution in [3.8, 4) is 11.5 Å². The van der Waals surface area contributed by atoms with Crippen LogP contribution in [0.4, 0.5) is 13.6 Å². The van der Waals surface area contributed by atoms with Crippen LogP contribution in [0, 0.1) is 11.6 Å². The summed E-state index contributed by atoms with van der Waals surface area (Å²) in [4.78, 5) is 12.2. The average Bonchev–Trinajstić information content (AvgIpc) is 3.42. The minimum Gasteiger partial charge on any atom is -0.490 e. The number of amides is 2. The molecule has 5 nitrogen and oxygen atoms in total. The van der Waals surface area contributed by atoms with Crippen molar-refractivity contribution in [2.45, 2.75) is 31.3 Å². The van der Waals surface area contributed by atoms with E-state index in [1.54, 1.807) is 0 Å². The molecule has 1 aliphatic heterocycles. The first-order valence-electron chi connectivity index (χ1n) is 8.99. The van der Waals surface area contributed by atoms with Gasteiger partial charge in [0.2, 0.25) is 0 Å². The van der Waals surface area contributed by atoms with Crippen molar-refractivity contribution in [3.05, 3.63) is 59.2 Å². The number of urea groups is 1. The zero-order valence-electron chi connectivity index (χ0n) is 14.6. The van der Waals surface area contributed by atoms with E-state index < -0.39 is 11.6 Å². The smallest absolute Gasteiger partial charge is 0.315 e. The van der Waals surface area contributed by atoms with Gasteiger partial charge in [-0.1, -0.05) is 18.2 Å². The molecule has 142 valence electrons. The minimum atomic E-state index is -0.575. The highest BCUT2D eigenvalue weighted by Gasteiger charge is 2.42. The summed E-state index contributed by atoms with van der Waals surface area (Å²) < 4.78 is 39.0. The zero-order chi connectivity index (χ0) is 18.8. The van der Waals surface area contributed by atoms with Gasteiger partial charge in [-0.05, 0) is 24.6 Å². The first-order chi connectivity index (χ1) is 13.1. The van der Waals surface area contributed by atoms with Gasteiger partial charge in [-0.25, -0.2) is 13.6 Å². The number of fused-ring (bicyclic) bond motifs is 1. The van der Waals surface area contributed by atoms with Gasteiger partial charge in [-0.2, -0.15) is 0 Å². The molecule has 2 aromatic rings. The maximum Gasteiger partial charge on any atom is 0.315 e. The SMILES string of the molecule is O=C(NCc1cccc2c1OCCCO2)N[C@H]1C[C@H]1c1c(F)cccc1F. The van der Waals surface area contributed by atoms with Crippen LogP contribution >= 0.6 is 0 Å². The Hall–Kier alpha value is -2.83. The number of para-hydroxylation sites is 1. The largest absolute Gasteiger partial charge is 0.490 e. The number of carbonyl (C=O) groups is 1. The number of benzene rings is 2. The molecule has 2 aliphatic rings. The van der Waals surface area contributed by atoms with Crippen LogP contribution in [0.3, 0.4) is 0 Å². The quantitative estimate of drug-likeness (QED) is 0.861. The molecule has 2 atom stereocenters. The lowest BCUT2D eigenvalue weighted by atomic mass is 10.1. The van der Waals surface area contributed by atoms with Gasteiger partial charge in [0.25, 0.3) is 0 Å². The summed E-state index contributed by atoms with van der Waals surface area (Å²) in [6.45, 7) is 1.43. The normalized spacial score (nSPS) is 20.5. The Bertz CT molecular complexity index is 839. The number of hydrogen-bond donors (Lipinski definition) is 2. The van der Waals surface area contributed by atoms with Crippen LogP contribution in [0.1, 0.15) is 29.9 Å². The highest BCUT2D eigenvalue weighted by Crippen LogP contribution is 2.43. The van der Waals surface area contributed by atoms with Crippen LogP contribution in [0.15, 0.2) is 36.4 Å². The van der Waals surface area contributed by atoms with E-state index in [1.165, 1.54) is 18.2 Å². The Morgan fingerprint density at radius 3 is 2.63 bits per heavy atom. The fourth-order valence-corrected chi connectivity index (χ4v) is 3.33. The van der Waals surface area contributed by atoms with Crippen molar-refractivity contribution in [2.24, 2.45) is 0 Å². The number of carbonyl (C=O) groups excluding carboxylic acids is 1. The van der Waals surface area contributed by atoms with E-state index in [1.807, 2.05) is 18.2 Å². The lowest BCUT2D eigenvalue weighted by molar-refractivity contribution is 0.239. The van der Waals surface area contributed by atoms with Crippen molar-refractivity contribution < 1.29 is 23.0 Å². The van der Waals surface area contributed by atoms with E-state index >= 15 is 0 Å². The molecule has 2 amide bonds. The second-order valence-electron chi connectivity index (χ2n) is 6.71. The zero-order valence-corrected chi connectivity index (χ0v) is 14.6. The summed E-state index contributed by atoms with van der Waals surface area (Å²) in [5.74, 6) is -0.165. The first kappa shape index (κ1) is 17.6. The van der Waals surface area contributed by atoms with Crippen molar-refractivity contribution in [2.75, 3.05) is 13.2 Å². The fraction of sp³-hybridized carbons (Fsp3) is 0.350. The number of nitrogens with one attached hydrogen (secondary N) is 2. The summed E-state index contributed by atoms with van der Waals surface area (Å²) in [6, 6.07) is 8.69. The minimum absolute atomic E-state index is 0.0433. The molecule has 0 radical (unpaired) electrons. The van der Waals surface area contributed by atoms with Crippen LogP contribution in [0.2, 0.25) is 0 Å². The predicted octanol–water partition coefficient (Wildman–Crippen LogP) is 3.48. The number of hydrogen-bond acceptors (Lipinski definition) is 3. The van der Waals surface area contributed by atoms with Crippen molar-refractivity contribution in [1.82, 2.24) is 10.6 Å². The third kappa shape index (κ3) is 3.82. The molecular formula is C20H20F2N2O3. The molecule has 0 saturated heterocycles. The molecule has 0 bridgehead atoms. The molecule has 7 heteroatoms. The number of rotatable bonds is 4. The summed E-state index contributed by atoms with van der Waals surface area (Å²) >= 11 is 0. The Balaban J connectivity index is 1.34. The van der Waals surface area contributed by atoms with Crippen molar-refractivity contribution in [3.63, 3.8) is 0 Å². The maximum absolute atomic E-state index is 13.8. The molecule has 2 aromatic carbocycles. The van der Waals surface area contributed by atoms with Gasteiger partial charge in [-0.15, -0.1) is 0 Å². The second kappa shape index (κ2) is 7.42. The standard InChI is InChI=1S/C20H20F2N2O3/c21-14-5-2-6-15(22)18(14)13-10-16(13)24-20(25)23-11-12-4-1-7-17-19(12)27-9-3-8-26-17/h1-2,4-7,13,16H,3,8-11H2,(H2,23,24,25)/t13-,16+/m1/s1. The van der Waals surface area contributed by atoms with Gasteiger partial charge in [0, 0.05) is 36.1 Å². The Labute approximate surface area is 155 Å². The molecule has 1 fully saturated rings. The van der Waals surface area contributed by atoms with E-state index in [4.69, 9.17) is 9.47 Å². The van der Waals surface area contributed by atoms with E-state index in [2.05, 4.69) is 10.6 Å². The fourth-order valence-electron chi connectivity index (χ4n) is 3.33. The highest BCUT2D eigenvalue weighted by atomic mass is 19.1. The van der Waals surface area contributed by atoms with Gasteiger partial charge >= 0.3 is 6.03 Å². The molecular weight excluding hydrogens is 354 g/mol. The van der Waals surface area contributed by atoms with Gasteiger partial charge < -0.3 is 20.1 Å². The molecule has 27 heavy (non-hydrogen) atoms. The third-order valence-electron chi connectivity index (χ3n) is 4.77. The van der Waals surface area contributed by atoms with Crippen LogP contribution in [0.5, 0.6) is 11.5 Å². The van der Waals surface area contributed by atoms with E-state index in [0.717, 1.165) is 12.0 Å². The average molecular weight is 374 g/mol. The molecule has 0 aromatic heterocycles. The summed E-state index contributed by atoms with van der Waals surface area (Å²) in [5, 5.41) is 5.53. The number of ether oxygens (including phenoxy) is 2. The Morgan fingerprint density at radius 1 is 1.07 bits per heavy atom. The first-order valence-corrected chi connectivity index (χ1v) is 8.99. The highest BCUT2D eigenvalue weighted by molar-refractivity contribution is 5.75. The van der Waals surface area contributed by atoms with Gasteiger partial charge in [0.05, 0.1) is 13.2 Å². The van der Waals surface area contributed by atoms with Crippen LogP contribution in [0.25, 0.3) is 0 Å². The maximum atomic E-state index is 13.8. The van der Waals surface area contributed by atoms with Crippen LogP contribution in [-0.4, -0.2) is 25.3 Å². The van der Waals surface area contributed by atoms with Gasteiger partial charge in [0.15, 0.2) is 11.5 Å². The molecule has 0 spiro atoms. The molecule has 1 aliphatic carbocycles. The predicted molar refractivity (Wildman–Crippen MR) is 94.9 cm³/mol. The van der Waals surface area contributed by atoms with E-state index in [9.17, 15) is 13.6 Å². The monoisotopic (exact) mass is 374 g/mol. The lowest BCUT2D eigenvalue weighted by Crippen LogP contribution is -2.37. The molecule has 1 saturated carbocycles. The molecule has 0 unspecified atom stereocenters. The Morgan fingerprint density at radius 2 is 1.81 bits per heavy atom. The van der Waals surface area contributed by atoms with Crippen molar-refractivity contribution >= 4 is 6.03 Å². The van der Waals surface area contributed by atoms with Gasteiger partial charge in [0.1, 0.15) is 11.6 Å². The van der Waals surface area contributed by atoms with Crippen LogP contribution < -0.4 is 20.1 Å². The second-order valence-corrected chi connectivity index (χ2v) is 6.71. The number of halogens is 2. The third-order valence-corrected chi connectivity index (χ3v) is 4.77. The molecule has 1 heterocycles. The lowest BCUT2D eigenvalue weighted by Gasteiger charge is -2.13.